The fourth-order valence-corrected chi connectivity index (χ4v) is 5.36. The van der Waals surface area contributed by atoms with Gasteiger partial charge in [-0.2, -0.15) is 0 Å². The van der Waals surface area contributed by atoms with Crippen LogP contribution in [-0.4, -0.2) is 22.5 Å². The van der Waals surface area contributed by atoms with Gasteiger partial charge in [0.1, 0.15) is 5.03 Å². The Kier molecular flexibility index (Phi) is 15.2. The van der Waals surface area contributed by atoms with Crippen LogP contribution >= 0.6 is 35.7 Å². The van der Waals surface area contributed by atoms with Crippen LogP contribution in [0.3, 0.4) is 0 Å². The van der Waals surface area contributed by atoms with Crippen LogP contribution in [0, 0.1) is 12.8 Å². The smallest absolute Gasteiger partial charge is 0.121 e. The molecule has 5 heteroatoms. The molecule has 0 radical (unpaired) electrons. The minimum Gasteiger partial charge on any atom is -0.347 e. The molecule has 1 aromatic heterocycles. The van der Waals surface area contributed by atoms with E-state index in [9.17, 15) is 0 Å². The minimum absolute atomic E-state index is 0.463. The standard InChI is InChI=1S/C24H42N2S3/c1-6-8-9-10-11-12-13-14-15-16-17-20(7-2)23(27)26-22-21(28-4)18-19(3)25-24(22)29-5/h18,20H,6-17H2,1-5H3,(H,26,27). The van der Waals surface area contributed by atoms with Crippen LogP contribution in [-0.2, 0) is 0 Å². The number of thiocarbonyl (C=S) groups is 1. The van der Waals surface area contributed by atoms with E-state index in [1.807, 2.05) is 0 Å². The van der Waals surface area contributed by atoms with E-state index in [4.69, 9.17) is 17.2 Å². The summed E-state index contributed by atoms with van der Waals surface area (Å²) in [6.45, 7) is 6.60. The van der Waals surface area contributed by atoms with Gasteiger partial charge in [0.25, 0.3) is 0 Å². The van der Waals surface area contributed by atoms with Crippen molar-refractivity contribution < 1.29 is 0 Å². The number of nitrogens with zero attached hydrogens (tertiary/aromatic N) is 1. The quantitative estimate of drug-likeness (QED) is 0.153. The molecule has 0 saturated carbocycles. The first-order valence-corrected chi connectivity index (χ1v) is 14.3. The lowest BCUT2D eigenvalue weighted by molar-refractivity contribution is 0.518. The van der Waals surface area contributed by atoms with E-state index in [1.165, 1.54) is 75.5 Å². The zero-order valence-corrected chi connectivity index (χ0v) is 21.8. The highest BCUT2D eigenvalue weighted by atomic mass is 32.2. The maximum Gasteiger partial charge on any atom is 0.121 e. The summed E-state index contributed by atoms with van der Waals surface area (Å²) in [5.41, 5.74) is 2.16. The molecule has 1 rings (SSSR count). The second-order valence-corrected chi connectivity index (χ2v) is 10.00. The Morgan fingerprint density at radius 3 is 2.07 bits per heavy atom. The Morgan fingerprint density at radius 2 is 1.55 bits per heavy atom. The highest BCUT2D eigenvalue weighted by molar-refractivity contribution is 7.99. The number of aromatic nitrogens is 1. The van der Waals surface area contributed by atoms with Gasteiger partial charge in [-0.15, -0.1) is 23.5 Å². The molecule has 0 saturated heterocycles. The second-order valence-electron chi connectivity index (χ2n) is 7.92. The number of thioether (sulfide) groups is 2. The van der Waals surface area contributed by atoms with Crippen molar-refractivity contribution in [2.45, 2.75) is 108 Å². The Bertz CT molecular complexity index is 564. The zero-order valence-electron chi connectivity index (χ0n) is 19.3. The second kappa shape index (κ2) is 16.4. The average molecular weight is 455 g/mol. The average Bonchev–Trinajstić information content (AvgIpc) is 2.72. The first-order chi connectivity index (χ1) is 14.1. The van der Waals surface area contributed by atoms with E-state index < -0.39 is 0 Å². The summed E-state index contributed by atoms with van der Waals surface area (Å²) in [6.07, 6.45) is 20.3. The number of hydrogen-bond acceptors (Lipinski definition) is 4. The molecule has 0 aromatic carbocycles. The van der Waals surface area contributed by atoms with E-state index in [-0.39, 0.29) is 0 Å². The van der Waals surface area contributed by atoms with E-state index in [1.54, 1.807) is 23.5 Å². The lowest BCUT2D eigenvalue weighted by atomic mass is 9.97. The van der Waals surface area contributed by atoms with Crippen LogP contribution in [0.5, 0.6) is 0 Å². The van der Waals surface area contributed by atoms with Crippen LogP contribution in [0.1, 0.15) is 96.6 Å². The minimum atomic E-state index is 0.463. The van der Waals surface area contributed by atoms with Crippen molar-refractivity contribution in [2.24, 2.45) is 5.92 Å². The summed E-state index contributed by atoms with van der Waals surface area (Å²) in [7, 11) is 0. The monoisotopic (exact) mass is 454 g/mol. The Morgan fingerprint density at radius 1 is 0.966 bits per heavy atom. The summed E-state index contributed by atoms with van der Waals surface area (Å²) < 4.78 is 0. The number of nitrogens with one attached hydrogen (secondary N) is 1. The maximum absolute atomic E-state index is 5.82. The third kappa shape index (κ3) is 10.5. The van der Waals surface area contributed by atoms with Crippen LogP contribution in [0.2, 0.25) is 0 Å². The molecule has 2 nitrogen and oxygen atoms in total. The molecular weight excluding hydrogens is 412 g/mol. The van der Waals surface area contributed by atoms with Gasteiger partial charge in [-0.25, -0.2) is 4.98 Å². The van der Waals surface area contributed by atoms with Crippen molar-refractivity contribution in [1.82, 2.24) is 4.98 Å². The summed E-state index contributed by atoms with van der Waals surface area (Å²) in [5, 5.41) is 4.62. The molecule has 0 aliphatic heterocycles. The van der Waals surface area contributed by atoms with Gasteiger partial charge in [0.05, 0.1) is 10.7 Å². The lowest BCUT2D eigenvalue weighted by Gasteiger charge is -2.21. The van der Waals surface area contributed by atoms with Crippen LogP contribution in [0.25, 0.3) is 0 Å². The number of aryl methyl sites for hydroxylation is 1. The van der Waals surface area contributed by atoms with Crippen LogP contribution < -0.4 is 5.32 Å². The molecule has 1 atom stereocenters. The third-order valence-corrected chi connectivity index (χ3v) is 7.39. The molecule has 0 bridgehead atoms. The fourth-order valence-electron chi connectivity index (χ4n) is 3.66. The molecule has 29 heavy (non-hydrogen) atoms. The number of rotatable bonds is 16. The molecule has 0 amide bonds. The van der Waals surface area contributed by atoms with Gasteiger partial charge in [0.2, 0.25) is 0 Å². The van der Waals surface area contributed by atoms with Crippen LogP contribution in [0.4, 0.5) is 5.69 Å². The number of unbranched alkanes of at least 4 members (excludes halogenated alkanes) is 9. The van der Waals surface area contributed by atoms with Crippen molar-refractivity contribution in [2.75, 3.05) is 17.8 Å². The molecular formula is C24H42N2S3. The van der Waals surface area contributed by atoms with Crippen molar-refractivity contribution in [3.63, 3.8) is 0 Å². The summed E-state index contributed by atoms with van der Waals surface area (Å²) in [5.74, 6) is 0.463. The molecule has 0 aliphatic rings. The van der Waals surface area contributed by atoms with Gasteiger partial charge in [0.15, 0.2) is 0 Å². The molecule has 0 spiro atoms. The summed E-state index contributed by atoms with van der Waals surface area (Å²) >= 11 is 9.27. The van der Waals surface area contributed by atoms with E-state index in [0.717, 1.165) is 27.8 Å². The predicted molar refractivity (Wildman–Crippen MR) is 139 cm³/mol. The van der Waals surface area contributed by atoms with Crippen LogP contribution in [0.15, 0.2) is 16.0 Å². The molecule has 0 aliphatic carbocycles. The Labute approximate surface area is 194 Å². The fraction of sp³-hybridized carbons (Fsp3) is 0.750. The topological polar surface area (TPSA) is 24.9 Å². The van der Waals surface area contributed by atoms with Gasteiger partial charge in [-0.1, -0.05) is 90.3 Å². The van der Waals surface area contributed by atoms with Gasteiger partial charge < -0.3 is 5.32 Å². The summed E-state index contributed by atoms with van der Waals surface area (Å²) in [4.78, 5) is 6.91. The van der Waals surface area contributed by atoms with E-state index in [0.29, 0.717) is 5.92 Å². The van der Waals surface area contributed by atoms with Gasteiger partial charge >= 0.3 is 0 Å². The van der Waals surface area contributed by atoms with Gasteiger partial charge in [-0.05, 0) is 38.3 Å². The Hall–Kier alpha value is -0.260. The highest BCUT2D eigenvalue weighted by Gasteiger charge is 2.17. The number of pyridine rings is 1. The molecule has 1 unspecified atom stereocenters. The SMILES string of the molecule is CCCCCCCCCCCCC(CC)C(=S)Nc1c(SC)cc(C)nc1SC. The predicted octanol–water partition coefficient (Wildman–Crippen LogP) is 8.91. The largest absolute Gasteiger partial charge is 0.347 e. The first kappa shape index (κ1) is 26.8. The zero-order chi connectivity index (χ0) is 21.5. The van der Waals surface area contributed by atoms with E-state index >= 15 is 0 Å². The molecule has 1 aromatic rings. The summed E-state index contributed by atoms with van der Waals surface area (Å²) in [6, 6.07) is 2.15. The normalized spacial score (nSPS) is 12.2. The molecule has 1 N–H and O–H groups in total. The van der Waals surface area contributed by atoms with Crippen molar-refractivity contribution in [1.29, 1.82) is 0 Å². The van der Waals surface area contributed by atoms with E-state index in [2.05, 4.69) is 44.7 Å². The molecule has 0 fully saturated rings. The molecule has 166 valence electrons. The number of hydrogen-bond donors (Lipinski definition) is 1. The highest BCUT2D eigenvalue weighted by Crippen LogP contribution is 2.34. The Balaban J connectivity index is 2.40. The maximum atomic E-state index is 5.82. The van der Waals surface area contributed by atoms with Crippen molar-refractivity contribution >= 4 is 46.4 Å². The van der Waals surface area contributed by atoms with Crippen molar-refractivity contribution in [3.8, 4) is 0 Å². The van der Waals surface area contributed by atoms with Gasteiger partial charge in [0, 0.05) is 16.5 Å². The first-order valence-electron chi connectivity index (χ1n) is 11.5. The molecule has 1 heterocycles. The number of anilines is 1. The lowest BCUT2D eigenvalue weighted by Crippen LogP contribution is -2.21. The third-order valence-electron chi connectivity index (χ3n) is 5.51. The van der Waals surface area contributed by atoms with Gasteiger partial charge in [-0.3, -0.25) is 0 Å². The van der Waals surface area contributed by atoms with Crippen molar-refractivity contribution in [3.05, 3.63) is 11.8 Å².